The van der Waals surface area contributed by atoms with Gasteiger partial charge in [-0.3, -0.25) is 0 Å². The molecule has 0 fully saturated rings. The quantitative estimate of drug-likeness (QED) is 0.501. The van der Waals surface area contributed by atoms with E-state index in [-0.39, 0.29) is 5.63 Å². The third-order valence-electron chi connectivity index (χ3n) is 3.07. The van der Waals surface area contributed by atoms with Crippen LogP contribution < -0.4 is 9.20 Å². The molecule has 2 heterocycles. The molecule has 0 saturated carbocycles. The SMILES string of the molecule is [CH3][119Sn]([CH3])([CH3])[c]1c2occc2cc2ccc(=O)oc12. The van der Waals surface area contributed by atoms with Gasteiger partial charge >= 0.3 is 108 Å². The van der Waals surface area contributed by atoms with Crippen LogP contribution in [0.1, 0.15) is 0 Å². The third-order valence-corrected chi connectivity index (χ3v) is 8.65. The van der Waals surface area contributed by atoms with E-state index in [0.717, 1.165) is 19.9 Å². The van der Waals surface area contributed by atoms with Crippen LogP contribution in [0.5, 0.6) is 0 Å². The van der Waals surface area contributed by atoms with E-state index in [2.05, 4.69) is 14.8 Å². The van der Waals surface area contributed by atoms with E-state index < -0.39 is 18.4 Å². The number of rotatable bonds is 1. The Morgan fingerprint density at radius 2 is 1.72 bits per heavy atom. The fourth-order valence-corrected chi connectivity index (χ4v) is 7.35. The Hall–Kier alpha value is -1.23. The Labute approximate surface area is 108 Å². The van der Waals surface area contributed by atoms with Gasteiger partial charge in [-0.1, -0.05) is 0 Å². The van der Waals surface area contributed by atoms with Gasteiger partial charge in [0.05, 0.1) is 0 Å². The molecule has 0 aliphatic rings. The van der Waals surface area contributed by atoms with Crippen molar-refractivity contribution >= 4 is 43.9 Å². The monoisotopic (exact) mass is 349 g/mol. The molecule has 4 heteroatoms. The third kappa shape index (κ3) is 1.77. The van der Waals surface area contributed by atoms with Crippen LogP contribution in [0.15, 0.2) is 44.2 Å². The molecule has 0 amide bonds. The van der Waals surface area contributed by atoms with Crippen LogP contribution >= 0.6 is 0 Å². The van der Waals surface area contributed by atoms with E-state index in [0.29, 0.717) is 5.58 Å². The summed E-state index contributed by atoms with van der Waals surface area (Å²) in [7, 11) is 0. The van der Waals surface area contributed by atoms with E-state index in [1.807, 2.05) is 18.2 Å². The van der Waals surface area contributed by atoms with Gasteiger partial charge in [-0.15, -0.1) is 0 Å². The molecule has 3 rings (SSSR count). The summed E-state index contributed by atoms with van der Waals surface area (Å²) in [5.41, 5.74) is 1.30. The van der Waals surface area contributed by atoms with Crippen molar-refractivity contribution in [3.63, 3.8) is 0 Å². The number of fused-ring (bicyclic) bond motifs is 2. The molecule has 18 heavy (non-hydrogen) atoms. The molecule has 2 aromatic heterocycles. The maximum absolute atomic E-state index is 11.5. The van der Waals surface area contributed by atoms with Crippen molar-refractivity contribution in [2.45, 2.75) is 14.8 Å². The van der Waals surface area contributed by atoms with Gasteiger partial charge in [0.2, 0.25) is 0 Å². The Morgan fingerprint density at radius 1 is 1.00 bits per heavy atom. The molecule has 0 aliphatic heterocycles. The first kappa shape index (κ1) is 11.8. The summed E-state index contributed by atoms with van der Waals surface area (Å²) in [5, 5.41) is 2.06. The van der Waals surface area contributed by atoms with Crippen LogP contribution in [0.25, 0.3) is 21.9 Å². The second kappa shape index (κ2) is 3.88. The standard InChI is InChI=1S/C11H5O3.3CH3.Sn/c12-11-2-1-7-5-8-3-4-13-9(8)6-10(7)14-11;;;;/h1-5H;3*1H3;/i;;;;1+0. The van der Waals surface area contributed by atoms with Gasteiger partial charge in [0.1, 0.15) is 0 Å². The number of hydrogen-bond acceptors (Lipinski definition) is 3. The molecular formula is C14H14O3Sn. The van der Waals surface area contributed by atoms with E-state index in [4.69, 9.17) is 8.83 Å². The first-order chi connectivity index (χ1) is 8.47. The van der Waals surface area contributed by atoms with Crippen LogP contribution in [0, 0.1) is 0 Å². The summed E-state index contributed by atoms with van der Waals surface area (Å²) in [5.74, 6) is 0. The van der Waals surface area contributed by atoms with Crippen LogP contribution in [0.3, 0.4) is 0 Å². The van der Waals surface area contributed by atoms with E-state index in [1.165, 1.54) is 6.07 Å². The zero-order valence-corrected chi connectivity index (χ0v) is 13.5. The van der Waals surface area contributed by atoms with Gasteiger partial charge in [0.15, 0.2) is 0 Å². The van der Waals surface area contributed by atoms with Gasteiger partial charge < -0.3 is 0 Å². The second-order valence-corrected chi connectivity index (χ2v) is 19.8. The molecule has 0 aliphatic carbocycles. The van der Waals surface area contributed by atoms with Gasteiger partial charge in [-0.2, -0.15) is 0 Å². The molecular weight excluding hydrogens is 335 g/mol. The first-order valence-corrected chi connectivity index (χ1v) is 15.9. The number of hydrogen-bond donors (Lipinski definition) is 0. The molecule has 0 radical (unpaired) electrons. The predicted molar refractivity (Wildman–Crippen MR) is 75.2 cm³/mol. The number of furan rings is 1. The summed E-state index contributed by atoms with van der Waals surface area (Å²) in [6.45, 7) is 0. The van der Waals surface area contributed by atoms with E-state index >= 15 is 0 Å². The predicted octanol–water partition coefficient (Wildman–Crippen LogP) is 3.08. The minimum atomic E-state index is -2.45. The van der Waals surface area contributed by atoms with Crippen molar-refractivity contribution in [3.05, 3.63) is 40.9 Å². The Morgan fingerprint density at radius 3 is 2.44 bits per heavy atom. The topological polar surface area (TPSA) is 43.4 Å². The Balaban J connectivity index is 2.61. The van der Waals surface area contributed by atoms with Gasteiger partial charge in [-0.05, 0) is 0 Å². The Bertz CT molecular complexity index is 790. The van der Waals surface area contributed by atoms with Crippen molar-refractivity contribution < 1.29 is 8.83 Å². The van der Waals surface area contributed by atoms with Crippen LogP contribution in [0.2, 0.25) is 14.8 Å². The summed E-state index contributed by atoms with van der Waals surface area (Å²) in [4.78, 5) is 18.3. The molecule has 0 unspecified atom stereocenters. The zero-order chi connectivity index (χ0) is 12.9. The second-order valence-electron chi connectivity index (χ2n) is 5.51. The normalized spacial score (nSPS) is 12.4. The Kier molecular flexibility index (Phi) is 2.55. The molecule has 0 atom stereocenters. The molecule has 92 valence electrons. The maximum atomic E-state index is 11.5. The van der Waals surface area contributed by atoms with Crippen LogP contribution in [-0.2, 0) is 0 Å². The fourth-order valence-electron chi connectivity index (χ4n) is 2.32. The van der Waals surface area contributed by atoms with Gasteiger partial charge in [0, 0.05) is 0 Å². The summed E-state index contributed by atoms with van der Waals surface area (Å²) >= 11 is -2.45. The van der Waals surface area contributed by atoms with Gasteiger partial charge in [0.25, 0.3) is 0 Å². The van der Waals surface area contributed by atoms with Crippen molar-refractivity contribution in [2.24, 2.45) is 0 Å². The summed E-state index contributed by atoms with van der Waals surface area (Å²) < 4.78 is 12.2. The minimum absolute atomic E-state index is 0.301. The van der Waals surface area contributed by atoms with Crippen molar-refractivity contribution in [1.29, 1.82) is 0 Å². The fraction of sp³-hybridized carbons (Fsp3) is 0.214. The zero-order valence-electron chi connectivity index (χ0n) is 10.6. The molecule has 0 N–H and O–H groups in total. The number of benzene rings is 1. The molecule has 0 saturated heterocycles. The molecule has 0 spiro atoms. The van der Waals surface area contributed by atoms with Crippen LogP contribution in [-0.4, -0.2) is 18.4 Å². The van der Waals surface area contributed by atoms with E-state index in [1.54, 1.807) is 6.26 Å². The average Bonchev–Trinajstić information content (AvgIpc) is 2.71. The summed E-state index contributed by atoms with van der Waals surface area (Å²) in [6.07, 6.45) is 1.70. The molecule has 3 nitrogen and oxygen atoms in total. The van der Waals surface area contributed by atoms with Crippen molar-refractivity contribution in [2.75, 3.05) is 0 Å². The molecule has 1 aromatic carbocycles. The molecule has 0 bridgehead atoms. The average molecular weight is 349 g/mol. The van der Waals surface area contributed by atoms with Crippen molar-refractivity contribution in [1.82, 2.24) is 0 Å². The van der Waals surface area contributed by atoms with E-state index in [9.17, 15) is 4.79 Å². The van der Waals surface area contributed by atoms with Crippen LogP contribution in [0.4, 0.5) is 0 Å². The first-order valence-electron chi connectivity index (χ1n) is 5.91. The summed E-state index contributed by atoms with van der Waals surface area (Å²) in [6, 6.07) is 7.27. The van der Waals surface area contributed by atoms with Gasteiger partial charge in [-0.25, -0.2) is 0 Å². The van der Waals surface area contributed by atoms with Crippen molar-refractivity contribution in [3.8, 4) is 0 Å². The molecule has 3 aromatic rings.